The molecule has 18 heavy (non-hydrogen) atoms. The summed E-state index contributed by atoms with van der Waals surface area (Å²) in [7, 11) is 1.68. The Morgan fingerprint density at radius 3 is 2.44 bits per heavy atom. The fourth-order valence-corrected chi connectivity index (χ4v) is 2.20. The number of alkyl halides is 1. The van der Waals surface area contributed by atoms with Gasteiger partial charge in [0.1, 0.15) is 5.75 Å². The van der Waals surface area contributed by atoms with E-state index in [9.17, 15) is 4.79 Å². The molecule has 100 valence electrons. The van der Waals surface area contributed by atoms with E-state index in [1.165, 1.54) is 5.56 Å². The van der Waals surface area contributed by atoms with Crippen molar-refractivity contribution >= 4 is 17.5 Å². The average Bonchev–Trinajstić information content (AvgIpc) is 2.29. The quantitative estimate of drug-likeness (QED) is 0.806. The highest BCUT2D eigenvalue weighted by atomic mass is 35.5. The molecule has 4 heteroatoms. The zero-order valence-corrected chi connectivity index (χ0v) is 11.9. The second-order valence-corrected chi connectivity index (χ2v) is 4.68. The summed E-state index contributed by atoms with van der Waals surface area (Å²) in [4.78, 5) is 11.3. The molecule has 1 aromatic rings. The number of halogens is 1. The summed E-state index contributed by atoms with van der Waals surface area (Å²) in [5.74, 6) is 1.31. The van der Waals surface area contributed by atoms with Crippen LogP contribution in [0.25, 0.3) is 0 Å². The summed E-state index contributed by atoms with van der Waals surface area (Å²) in [6, 6.07) is 4.19. The van der Waals surface area contributed by atoms with Crippen molar-refractivity contribution in [3.05, 3.63) is 28.8 Å². The Balaban J connectivity index is 2.56. The monoisotopic (exact) mass is 269 g/mol. The first-order valence-corrected chi connectivity index (χ1v) is 6.58. The van der Waals surface area contributed by atoms with Crippen molar-refractivity contribution in [3.8, 4) is 5.75 Å². The summed E-state index contributed by atoms with van der Waals surface area (Å²) in [6.45, 7) is 4.70. The number of methoxy groups -OCH3 is 1. The van der Waals surface area contributed by atoms with Crippen LogP contribution in [0.15, 0.2) is 12.1 Å². The lowest BCUT2D eigenvalue weighted by atomic mass is 10.0. The van der Waals surface area contributed by atoms with Gasteiger partial charge in [-0.1, -0.05) is 12.1 Å². The van der Waals surface area contributed by atoms with Crippen molar-refractivity contribution in [2.24, 2.45) is 0 Å². The maximum Gasteiger partial charge on any atom is 0.221 e. The van der Waals surface area contributed by atoms with Gasteiger partial charge in [-0.2, -0.15) is 0 Å². The molecule has 1 aromatic carbocycles. The first-order valence-electron chi connectivity index (χ1n) is 6.05. The normalized spacial score (nSPS) is 10.2. The third-order valence-electron chi connectivity index (χ3n) is 2.78. The van der Waals surface area contributed by atoms with Gasteiger partial charge in [0.2, 0.25) is 5.91 Å². The van der Waals surface area contributed by atoms with Crippen LogP contribution in [0, 0.1) is 13.8 Å². The van der Waals surface area contributed by atoms with Crippen LogP contribution in [-0.4, -0.2) is 25.4 Å². The van der Waals surface area contributed by atoms with E-state index in [0.29, 0.717) is 18.8 Å². The number of nitrogens with one attached hydrogen (secondary N) is 1. The first kappa shape index (κ1) is 14.8. The SMILES string of the molecule is COc1c(C)cc(CCNC(=O)CCCl)cc1C. The van der Waals surface area contributed by atoms with Crippen LogP contribution in [0.1, 0.15) is 23.1 Å². The van der Waals surface area contributed by atoms with Gasteiger partial charge in [-0.3, -0.25) is 4.79 Å². The zero-order valence-electron chi connectivity index (χ0n) is 11.2. The number of hydrogen-bond donors (Lipinski definition) is 1. The smallest absolute Gasteiger partial charge is 0.221 e. The first-order chi connectivity index (χ1) is 8.58. The van der Waals surface area contributed by atoms with Gasteiger partial charge in [-0.05, 0) is 37.0 Å². The van der Waals surface area contributed by atoms with Crippen LogP contribution in [0.2, 0.25) is 0 Å². The van der Waals surface area contributed by atoms with Gasteiger partial charge in [-0.25, -0.2) is 0 Å². The molecular formula is C14H20ClNO2. The molecule has 0 atom stereocenters. The average molecular weight is 270 g/mol. The minimum absolute atomic E-state index is 0.00644. The standard InChI is InChI=1S/C14H20ClNO2/c1-10-8-12(9-11(2)14(10)18-3)5-7-16-13(17)4-6-15/h8-9H,4-7H2,1-3H3,(H,16,17). The Labute approximate surface area is 113 Å². The van der Waals surface area contributed by atoms with E-state index in [1.807, 2.05) is 13.8 Å². The van der Waals surface area contributed by atoms with E-state index in [0.717, 1.165) is 23.3 Å². The van der Waals surface area contributed by atoms with Gasteiger partial charge in [0.15, 0.2) is 0 Å². The Kier molecular flexibility index (Phi) is 5.99. The fourth-order valence-electron chi connectivity index (χ4n) is 2.03. The van der Waals surface area contributed by atoms with Crippen molar-refractivity contribution in [1.29, 1.82) is 0 Å². The molecule has 0 saturated heterocycles. The van der Waals surface area contributed by atoms with Crippen LogP contribution < -0.4 is 10.1 Å². The molecule has 0 saturated carbocycles. The number of rotatable bonds is 6. The van der Waals surface area contributed by atoms with Gasteiger partial charge in [0.05, 0.1) is 7.11 Å². The van der Waals surface area contributed by atoms with Crippen LogP contribution in [-0.2, 0) is 11.2 Å². The fraction of sp³-hybridized carbons (Fsp3) is 0.500. The second-order valence-electron chi connectivity index (χ2n) is 4.30. The molecule has 1 N–H and O–H groups in total. The second kappa shape index (κ2) is 7.27. The van der Waals surface area contributed by atoms with E-state index < -0.39 is 0 Å². The predicted molar refractivity (Wildman–Crippen MR) is 74.5 cm³/mol. The molecule has 0 aliphatic carbocycles. The highest BCUT2D eigenvalue weighted by Gasteiger charge is 2.05. The molecule has 0 fully saturated rings. The van der Waals surface area contributed by atoms with Crippen LogP contribution in [0.4, 0.5) is 0 Å². The summed E-state index contributed by atoms with van der Waals surface area (Å²) < 4.78 is 5.32. The third-order valence-corrected chi connectivity index (χ3v) is 2.97. The van der Waals surface area contributed by atoms with E-state index in [-0.39, 0.29) is 5.91 Å². The summed E-state index contributed by atoms with van der Waals surface area (Å²) in [5, 5.41) is 2.84. The predicted octanol–water partition coefficient (Wildman–Crippen LogP) is 2.60. The van der Waals surface area contributed by atoms with E-state index >= 15 is 0 Å². The number of amides is 1. The molecule has 0 heterocycles. The highest BCUT2D eigenvalue weighted by Crippen LogP contribution is 2.24. The molecule has 1 rings (SSSR count). The van der Waals surface area contributed by atoms with Crippen LogP contribution in [0.5, 0.6) is 5.75 Å². The number of ether oxygens (including phenoxy) is 1. The minimum atomic E-state index is 0.00644. The Bertz CT molecular complexity index is 395. The van der Waals surface area contributed by atoms with Gasteiger partial charge in [-0.15, -0.1) is 11.6 Å². The lowest BCUT2D eigenvalue weighted by molar-refractivity contribution is -0.120. The van der Waals surface area contributed by atoms with E-state index in [1.54, 1.807) is 7.11 Å². The number of benzene rings is 1. The number of hydrogen-bond acceptors (Lipinski definition) is 2. The van der Waals surface area contributed by atoms with Crippen molar-refractivity contribution < 1.29 is 9.53 Å². The maximum atomic E-state index is 11.3. The topological polar surface area (TPSA) is 38.3 Å². The lowest BCUT2D eigenvalue weighted by Gasteiger charge is -2.11. The van der Waals surface area contributed by atoms with Gasteiger partial charge < -0.3 is 10.1 Å². The van der Waals surface area contributed by atoms with Crippen molar-refractivity contribution in [2.75, 3.05) is 19.5 Å². The summed E-state index contributed by atoms with van der Waals surface area (Å²) >= 11 is 5.49. The molecule has 0 unspecified atom stereocenters. The number of carbonyl (C=O) groups is 1. The molecule has 0 aliphatic heterocycles. The Morgan fingerprint density at radius 1 is 1.33 bits per heavy atom. The van der Waals surface area contributed by atoms with Gasteiger partial charge in [0, 0.05) is 18.8 Å². The Hall–Kier alpha value is -1.22. The van der Waals surface area contributed by atoms with Crippen molar-refractivity contribution in [1.82, 2.24) is 5.32 Å². The van der Waals surface area contributed by atoms with Crippen molar-refractivity contribution in [3.63, 3.8) is 0 Å². The number of carbonyl (C=O) groups excluding carboxylic acids is 1. The molecule has 1 amide bonds. The lowest BCUT2D eigenvalue weighted by Crippen LogP contribution is -2.25. The van der Waals surface area contributed by atoms with Crippen LogP contribution >= 0.6 is 11.6 Å². The molecule has 3 nitrogen and oxygen atoms in total. The Morgan fingerprint density at radius 2 is 1.94 bits per heavy atom. The summed E-state index contributed by atoms with van der Waals surface area (Å²) in [6.07, 6.45) is 1.20. The molecule has 0 aliphatic rings. The van der Waals surface area contributed by atoms with Gasteiger partial charge >= 0.3 is 0 Å². The molecule has 0 radical (unpaired) electrons. The van der Waals surface area contributed by atoms with E-state index in [4.69, 9.17) is 16.3 Å². The molecule has 0 bridgehead atoms. The van der Waals surface area contributed by atoms with Crippen molar-refractivity contribution in [2.45, 2.75) is 26.7 Å². The van der Waals surface area contributed by atoms with Gasteiger partial charge in [0.25, 0.3) is 0 Å². The summed E-state index contributed by atoms with van der Waals surface area (Å²) in [5.41, 5.74) is 3.45. The zero-order chi connectivity index (χ0) is 13.5. The minimum Gasteiger partial charge on any atom is -0.496 e. The highest BCUT2D eigenvalue weighted by molar-refractivity contribution is 6.18. The largest absolute Gasteiger partial charge is 0.496 e. The molecular weight excluding hydrogens is 250 g/mol. The number of aryl methyl sites for hydroxylation is 2. The molecule has 0 spiro atoms. The van der Waals surface area contributed by atoms with E-state index in [2.05, 4.69) is 17.4 Å². The maximum absolute atomic E-state index is 11.3. The third kappa shape index (κ3) is 4.22. The van der Waals surface area contributed by atoms with Crippen LogP contribution in [0.3, 0.4) is 0 Å². The molecule has 0 aromatic heterocycles.